The second-order valence-corrected chi connectivity index (χ2v) is 7.08. The number of allylic oxidation sites excluding steroid dienone is 1. The Balaban J connectivity index is 1.75. The summed E-state index contributed by atoms with van der Waals surface area (Å²) in [5.41, 5.74) is 4.31. The molecule has 1 aromatic heterocycles. The van der Waals surface area contributed by atoms with E-state index >= 15 is 0 Å². The van der Waals surface area contributed by atoms with Crippen LogP contribution in [0.25, 0.3) is 6.08 Å². The summed E-state index contributed by atoms with van der Waals surface area (Å²) >= 11 is 0. The number of pyridine rings is 1. The Morgan fingerprint density at radius 2 is 2.07 bits per heavy atom. The maximum atomic E-state index is 12.6. The molecule has 3 rings (SSSR count). The van der Waals surface area contributed by atoms with Crippen LogP contribution in [-0.2, 0) is 12.8 Å². The largest absolute Gasteiger partial charge is 0.409 e. The molecule has 1 aliphatic rings. The van der Waals surface area contributed by atoms with Gasteiger partial charge in [-0.3, -0.25) is 9.78 Å². The number of aromatic nitrogens is 1. The van der Waals surface area contributed by atoms with Gasteiger partial charge in [-0.25, -0.2) is 0 Å². The number of benzene rings is 1. The molecule has 1 aliphatic carbocycles. The molecule has 6 heteroatoms. The lowest BCUT2D eigenvalue weighted by Gasteiger charge is -2.21. The molecule has 0 aliphatic heterocycles. The molecule has 0 saturated carbocycles. The van der Waals surface area contributed by atoms with Crippen LogP contribution in [0.5, 0.6) is 0 Å². The molecule has 1 aromatic carbocycles. The van der Waals surface area contributed by atoms with Gasteiger partial charge < -0.3 is 5.32 Å². The van der Waals surface area contributed by atoms with Crippen molar-refractivity contribution >= 4 is 17.7 Å². The molecule has 0 fully saturated rings. The Labute approximate surface area is 156 Å². The first-order valence-corrected chi connectivity index (χ1v) is 8.87. The van der Waals surface area contributed by atoms with Crippen LogP contribution in [0.1, 0.15) is 46.1 Å². The number of hydrogen-bond acceptors (Lipinski definition) is 2. The van der Waals surface area contributed by atoms with Gasteiger partial charge >= 0.3 is 6.18 Å². The quantitative estimate of drug-likeness (QED) is 0.788. The summed E-state index contributed by atoms with van der Waals surface area (Å²) in [5, 5.41) is 2.84. The van der Waals surface area contributed by atoms with E-state index in [4.69, 9.17) is 0 Å². The highest BCUT2D eigenvalue weighted by Crippen LogP contribution is 2.26. The average Bonchev–Trinajstić information content (AvgIpc) is 2.59. The van der Waals surface area contributed by atoms with Gasteiger partial charge in [-0.1, -0.05) is 25.1 Å². The molecule has 3 nitrogen and oxygen atoms in total. The summed E-state index contributed by atoms with van der Waals surface area (Å²) in [7, 11) is 0. The molecule has 1 N–H and O–H groups in total. The van der Waals surface area contributed by atoms with E-state index in [0.29, 0.717) is 28.3 Å². The molecule has 0 saturated heterocycles. The first kappa shape index (κ1) is 19.1. The number of halogens is 3. The van der Waals surface area contributed by atoms with Crippen LogP contribution in [0.15, 0.2) is 36.5 Å². The van der Waals surface area contributed by atoms with Gasteiger partial charge in [0.05, 0.1) is 11.9 Å². The molecule has 142 valence electrons. The minimum atomic E-state index is -4.36. The molecular weight excluding hydrogens is 353 g/mol. The van der Waals surface area contributed by atoms with E-state index in [2.05, 4.69) is 17.2 Å². The Kier molecular flexibility index (Phi) is 5.35. The molecule has 0 spiro atoms. The van der Waals surface area contributed by atoms with E-state index in [0.717, 1.165) is 36.6 Å². The third kappa shape index (κ3) is 4.96. The Hall–Kier alpha value is -2.63. The van der Waals surface area contributed by atoms with Gasteiger partial charge in [-0.05, 0) is 60.9 Å². The van der Waals surface area contributed by atoms with Crippen molar-refractivity contribution in [2.45, 2.75) is 39.3 Å². The number of anilines is 1. The maximum Gasteiger partial charge on any atom is 0.409 e. The number of fused-ring (bicyclic) bond motifs is 1. The van der Waals surface area contributed by atoms with E-state index in [1.54, 1.807) is 19.2 Å². The van der Waals surface area contributed by atoms with Crippen molar-refractivity contribution in [2.24, 2.45) is 5.92 Å². The highest BCUT2D eigenvalue weighted by atomic mass is 19.4. The summed E-state index contributed by atoms with van der Waals surface area (Å²) < 4.78 is 36.8. The molecular formula is C21H21F3N2O. The fraction of sp³-hybridized carbons (Fsp3) is 0.333. The van der Waals surface area contributed by atoms with Crippen LogP contribution in [0.2, 0.25) is 0 Å². The normalized spacial score (nSPS) is 17.0. The predicted octanol–water partition coefficient (Wildman–Crippen LogP) is 5.34. The molecule has 0 bridgehead atoms. The number of nitrogens with zero attached hydrogens (tertiary/aromatic N) is 1. The third-order valence-electron chi connectivity index (χ3n) is 4.72. The van der Waals surface area contributed by atoms with Gasteiger partial charge in [-0.2, -0.15) is 13.2 Å². The van der Waals surface area contributed by atoms with E-state index in [1.165, 1.54) is 12.1 Å². The Morgan fingerprint density at radius 3 is 2.78 bits per heavy atom. The topological polar surface area (TPSA) is 42.0 Å². The number of carbonyl (C=O) groups excluding carboxylic acids is 1. The van der Waals surface area contributed by atoms with E-state index in [9.17, 15) is 18.0 Å². The van der Waals surface area contributed by atoms with Crippen LogP contribution in [0, 0.1) is 12.8 Å². The van der Waals surface area contributed by atoms with Crippen molar-refractivity contribution in [2.75, 3.05) is 5.32 Å². The highest BCUT2D eigenvalue weighted by Gasteiger charge is 2.22. The molecule has 1 unspecified atom stereocenters. The fourth-order valence-corrected chi connectivity index (χ4v) is 3.30. The Bertz CT molecular complexity index is 887. The molecule has 0 radical (unpaired) electrons. The van der Waals surface area contributed by atoms with Gasteiger partial charge in [0.2, 0.25) is 0 Å². The summed E-state index contributed by atoms with van der Waals surface area (Å²) in [6.45, 7) is 3.90. The van der Waals surface area contributed by atoms with Crippen molar-refractivity contribution in [1.82, 2.24) is 4.98 Å². The SMILES string of the molecule is Cc1cc(/C=C/C(F)(F)F)ccc1C(=O)Nc1cnc2c(c1)CC(C)CC2. The third-order valence-corrected chi connectivity index (χ3v) is 4.72. The van der Waals surface area contributed by atoms with Gasteiger partial charge in [0.25, 0.3) is 5.91 Å². The van der Waals surface area contributed by atoms with Crippen LogP contribution in [0.4, 0.5) is 18.9 Å². The number of amides is 1. The monoisotopic (exact) mass is 374 g/mol. The van der Waals surface area contributed by atoms with Crippen LogP contribution < -0.4 is 5.32 Å². The van der Waals surface area contributed by atoms with E-state index in [1.807, 2.05) is 6.07 Å². The van der Waals surface area contributed by atoms with E-state index in [-0.39, 0.29) is 12.0 Å². The van der Waals surface area contributed by atoms with Crippen molar-refractivity contribution in [3.05, 3.63) is 64.5 Å². The lowest BCUT2D eigenvalue weighted by atomic mass is 9.88. The zero-order valence-electron chi connectivity index (χ0n) is 15.2. The number of nitrogens with one attached hydrogen (secondary N) is 1. The van der Waals surface area contributed by atoms with Crippen LogP contribution in [0.3, 0.4) is 0 Å². The van der Waals surface area contributed by atoms with Crippen LogP contribution >= 0.6 is 0 Å². The standard InChI is InChI=1S/C21H21F3N2O/c1-13-3-6-19-16(9-13)11-17(12-25-19)26-20(27)18-5-4-15(10-14(18)2)7-8-21(22,23)24/h4-5,7-8,10-13H,3,6,9H2,1-2H3,(H,26,27)/b8-7+. The van der Waals surface area contributed by atoms with Gasteiger partial charge in [0.15, 0.2) is 0 Å². The van der Waals surface area contributed by atoms with Crippen molar-refractivity contribution < 1.29 is 18.0 Å². The summed E-state index contributed by atoms with van der Waals surface area (Å²) in [6, 6.07) is 6.56. The van der Waals surface area contributed by atoms with Crippen molar-refractivity contribution in [3.8, 4) is 0 Å². The van der Waals surface area contributed by atoms with Crippen molar-refractivity contribution in [3.63, 3.8) is 0 Å². The highest BCUT2D eigenvalue weighted by molar-refractivity contribution is 6.05. The number of rotatable bonds is 3. The molecule has 2 aromatic rings. The molecule has 1 heterocycles. The van der Waals surface area contributed by atoms with Crippen molar-refractivity contribution in [1.29, 1.82) is 0 Å². The first-order valence-electron chi connectivity index (χ1n) is 8.87. The second kappa shape index (κ2) is 7.55. The summed E-state index contributed by atoms with van der Waals surface area (Å²) in [6.07, 6.45) is 1.50. The second-order valence-electron chi connectivity index (χ2n) is 7.08. The molecule has 1 amide bonds. The van der Waals surface area contributed by atoms with Gasteiger partial charge in [-0.15, -0.1) is 0 Å². The summed E-state index contributed by atoms with van der Waals surface area (Å²) in [5.74, 6) is 0.300. The van der Waals surface area contributed by atoms with Gasteiger partial charge in [0, 0.05) is 17.3 Å². The lowest BCUT2D eigenvalue weighted by Crippen LogP contribution is -2.16. The summed E-state index contributed by atoms with van der Waals surface area (Å²) in [4.78, 5) is 17.0. The Morgan fingerprint density at radius 1 is 1.30 bits per heavy atom. The predicted molar refractivity (Wildman–Crippen MR) is 99.6 cm³/mol. The van der Waals surface area contributed by atoms with E-state index < -0.39 is 6.18 Å². The minimum absolute atomic E-state index is 0.182. The average molecular weight is 374 g/mol. The fourth-order valence-electron chi connectivity index (χ4n) is 3.30. The number of aryl methyl sites for hydroxylation is 2. The lowest BCUT2D eigenvalue weighted by molar-refractivity contribution is -0.0790. The number of alkyl halides is 3. The van der Waals surface area contributed by atoms with Gasteiger partial charge in [0.1, 0.15) is 0 Å². The molecule has 27 heavy (non-hydrogen) atoms. The first-order chi connectivity index (χ1) is 12.7. The smallest absolute Gasteiger partial charge is 0.321 e. The number of hydrogen-bond donors (Lipinski definition) is 1. The zero-order valence-corrected chi connectivity index (χ0v) is 15.2. The zero-order chi connectivity index (χ0) is 19.6. The minimum Gasteiger partial charge on any atom is -0.321 e. The molecule has 1 atom stereocenters. The van der Waals surface area contributed by atoms with Crippen LogP contribution in [-0.4, -0.2) is 17.1 Å². The number of carbonyl (C=O) groups is 1. The maximum absolute atomic E-state index is 12.6.